The van der Waals surface area contributed by atoms with Crippen molar-refractivity contribution in [3.63, 3.8) is 0 Å². The van der Waals surface area contributed by atoms with Crippen LogP contribution in [0.4, 0.5) is 5.69 Å². The Kier molecular flexibility index (Phi) is 6.50. The Labute approximate surface area is 189 Å². The molecule has 31 heavy (non-hydrogen) atoms. The number of hydrogen-bond donors (Lipinski definition) is 1. The molecule has 1 amide bonds. The lowest BCUT2D eigenvalue weighted by Crippen LogP contribution is -2.20. The van der Waals surface area contributed by atoms with Gasteiger partial charge in [-0.15, -0.1) is 11.3 Å². The number of benzene rings is 3. The van der Waals surface area contributed by atoms with Crippen molar-refractivity contribution in [3.8, 4) is 33.3 Å². The van der Waals surface area contributed by atoms with Crippen LogP contribution in [-0.4, -0.2) is 24.6 Å². The maximum Gasteiger partial charge on any atom is 0.262 e. The van der Waals surface area contributed by atoms with E-state index in [1.165, 1.54) is 0 Å². The third kappa shape index (κ3) is 5.42. The van der Waals surface area contributed by atoms with Crippen LogP contribution >= 0.6 is 22.9 Å². The highest BCUT2D eigenvalue weighted by Gasteiger charge is 2.09. The summed E-state index contributed by atoms with van der Waals surface area (Å²) in [5.41, 5.74) is 3.46. The summed E-state index contributed by atoms with van der Waals surface area (Å²) in [5.74, 6) is 0.993. The Bertz CT molecular complexity index is 1190. The predicted molar refractivity (Wildman–Crippen MR) is 125 cm³/mol. The average molecular weight is 451 g/mol. The highest BCUT2D eigenvalue weighted by molar-refractivity contribution is 7.13. The van der Waals surface area contributed by atoms with Gasteiger partial charge in [0.25, 0.3) is 5.91 Å². The summed E-state index contributed by atoms with van der Waals surface area (Å²) in [5, 5.41) is 6.46. The third-order valence-corrected chi connectivity index (χ3v) is 5.59. The standard InChI is InChI=1S/C24H19ClN2O3S/c1-29-20-6-3-7-21(13-20)30-14-23(28)26-19-5-2-4-17(12-19)22-15-31-24(27-22)16-8-10-18(25)11-9-16/h2-13,15H,14H2,1H3,(H,26,28). The molecule has 5 nitrogen and oxygen atoms in total. The van der Waals surface area contributed by atoms with Gasteiger partial charge in [0.05, 0.1) is 12.8 Å². The maximum atomic E-state index is 12.3. The van der Waals surface area contributed by atoms with E-state index in [0.29, 0.717) is 22.2 Å². The number of anilines is 1. The van der Waals surface area contributed by atoms with E-state index in [1.807, 2.05) is 66.0 Å². The van der Waals surface area contributed by atoms with Crippen LogP contribution in [-0.2, 0) is 4.79 Å². The summed E-state index contributed by atoms with van der Waals surface area (Å²) in [7, 11) is 1.58. The molecule has 0 saturated heterocycles. The van der Waals surface area contributed by atoms with Crippen molar-refractivity contribution < 1.29 is 14.3 Å². The average Bonchev–Trinajstić information content (AvgIpc) is 3.29. The molecule has 0 radical (unpaired) electrons. The van der Waals surface area contributed by atoms with Crippen LogP contribution in [0.2, 0.25) is 5.02 Å². The second-order valence-electron chi connectivity index (χ2n) is 6.64. The molecule has 1 N–H and O–H groups in total. The van der Waals surface area contributed by atoms with Crippen LogP contribution in [0.15, 0.2) is 78.2 Å². The number of methoxy groups -OCH3 is 1. The van der Waals surface area contributed by atoms with Crippen molar-refractivity contribution in [1.82, 2.24) is 4.98 Å². The summed E-state index contributed by atoms with van der Waals surface area (Å²) in [6.45, 7) is -0.102. The van der Waals surface area contributed by atoms with Crippen LogP contribution in [0, 0.1) is 0 Å². The first-order chi connectivity index (χ1) is 15.1. The van der Waals surface area contributed by atoms with Gasteiger partial charge in [-0.2, -0.15) is 0 Å². The summed E-state index contributed by atoms with van der Waals surface area (Å²) in [4.78, 5) is 17.0. The molecule has 0 bridgehead atoms. The van der Waals surface area contributed by atoms with Gasteiger partial charge in [0.1, 0.15) is 16.5 Å². The molecule has 0 aliphatic carbocycles. The summed E-state index contributed by atoms with van der Waals surface area (Å²) in [6.07, 6.45) is 0. The van der Waals surface area contributed by atoms with Gasteiger partial charge in [-0.1, -0.05) is 41.9 Å². The number of amides is 1. The van der Waals surface area contributed by atoms with Gasteiger partial charge in [0, 0.05) is 33.3 Å². The number of nitrogens with zero attached hydrogens (tertiary/aromatic N) is 1. The topological polar surface area (TPSA) is 60.5 Å². The number of carbonyl (C=O) groups excluding carboxylic acids is 1. The van der Waals surface area contributed by atoms with Gasteiger partial charge in [-0.25, -0.2) is 4.98 Å². The Hall–Kier alpha value is -3.35. The Morgan fingerprint density at radius 2 is 1.77 bits per heavy atom. The number of halogens is 1. The highest BCUT2D eigenvalue weighted by Crippen LogP contribution is 2.30. The molecule has 0 atom stereocenters. The van der Waals surface area contributed by atoms with Gasteiger partial charge in [-0.3, -0.25) is 4.79 Å². The van der Waals surface area contributed by atoms with Gasteiger partial charge >= 0.3 is 0 Å². The summed E-state index contributed by atoms with van der Waals surface area (Å²) >= 11 is 7.52. The first-order valence-corrected chi connectivity index (χ1v) is 10.7. The predicted octanol–water partition coefficient (Wildman–Crippen LogP) is 6.16. The van der Waals surface area contributed by atoms with Crippen molar-refractivity contribution in [3.05, 3.63) is 83.2 Å². The molecule has 156 valence electrons. The molecule has 0 fully saturated rings. The van der Waals surface area contributed by atoms with Crippen LogP contribution in [0.1, 0.15) is 0 Å². The smallest absolute Gasteiger partial charge is 0.262 e. The van der Waals surface area contributed by atoms with E-state index in [4.69, 9.17) is 26.1 Å². The number of thiazole rings is 1. The molecule has 0 aliphatic heterocycles. The molecule has 1 heterocycles. The molecule has 0 spiro atoms. The van der Waals surface area contributed by atoms with E-state index in [1.54, 1.807) is 30.6 Å². The zero-order valence-corrected chi connectivity index (χ0v) is 18.2. The molecule has 0 saturated carbocycles. The van der Waals surface area contributed by atoms with Gasteiger partial charge in [0.15, 0.2) is 6.61 Å². The number of aromatic nitrogens is 1. The minimum absolute atomic E-state index is 0.102. The first kappa shape index (κ1) is 20.9. The number of hydrogen-bond acceptors (Lipinski definition) is 5. The second kappa shape index (κ2) is 9.64. The molecule has 7 heteroatoms. The van der Waals surface area contributed by atoms with Crippen molar-refractivity contribution in [2.75, 3.05) is 19.0 Å². The Morgan fingerprint density at radius 1 is 1.00 bits per heavy atom. The SMILES string of the molecule is COc1cccc(OCC(=O)Nc2cccc(-c3csc(-c4ccc(Cl)cc4)n3)c2)c1. The number of carbonyl (C=O) groups is 1. The van der Waals surface area contributed by atoms with E-state index >= 15 is 0 Å². The van der Waals surface area contributed by atoms with Crippen LogP contribution < -0.4 is 14.8 Å². The number of nitrogens with one attached hydrogen (secondary N) is 1. The summed E-state index contributed by atoms with van der Waals surface area (Å²) in [6, 6.07) is 22.3. The molecule has 1 aromatic heterocycles. The minimum Gasteiger partial charge on any atom is -0.497 e. The third-order valence-electron chi connectivity index (χ3n) is 4.45. The van der Waals surface area contributed by atoms with Crippen molar-refractivity contribution in [2.24, 2.45) is 0 Å². The fraction of sp³-hybridized carbons (Fsp3) is 0.0833. The van der Waals surface area contributed by atoms with E-state index in [2.05, 4.69) is 5.32 Å². The van der Waals surface area contributed by atoms with Crippen molar-refractivity contribution in [2.45, 2.75) is 0 Å². The van der Waals surface area contributed by atoms with E-state index in [9.17, 15) is 4.79 Å². The molecular formula is C24H19ClN2O3S. The van der Waals surface area contributed by atoms with Crippen LogP contribution in [0.5, 0.6) is 11.5 Å². The van der Waals surface area contributed by atoms with Crippen molar-refractivity contribution >= 4 is 34.5 Å². The van der Waals surface area contributed by atoms with Gasteiger partial charge < -0.3 is 14.8 Å². The monoisotopic (exact) mass is 450 g/mol. The van der Waals surface area contributed by atoms with Crippen LogP contribution in [0.25, 0.3) is 21.8 Å². The lowest BCUT2D eigenvalue weighted by Gasteiger charge is -2.09. The Balaban J connectivity index is 1.41. The largest absolute Gasteiger partial charge is 0.497 e. The first-order valence-electron chi connectivity index (χ1n) is 9.49. The molecule has 3 aromatic carbocycles. The van der Waals surface area contributed by atoms with E-state index in [0.717, 1.165) is 21.8 Å². The number of rotatable bonds is 7. The molecular weight excluding hydrogens is 432 g/mol. The summed E-state index contributed by atoms with van der Waals surface area (Å²) < 4.78 is 10.7. The van der Waals surface area contributed by atoms with Gasteiger partial charge in [-0.05, 0) is 36.4 Å². The minimum atomic E-state index is -0.250. The Morgan fingerprint density at radius 3 is 2.58 bits per heavy atom. The molecule has 0 aliphatic rings. The van der Waals surface area contributed by atoms with E-state index in [-0.39, 0.29) is 12.5 Å². The maximum absolute atomic E-state index is 12.3. The van der Waals surface area contributed by atoms with Gasteiger partial charge in [0.2, 0.25) is 0 Å². The second-order valence-corrected chi connectivity index (χ2v) is 7.94. The fourth-order valence-electron chi connectivity index (χ4n) is 2.92. The van der Waals surface area contributed by atoms with Crippen molar-refractivity contribution in [1.29, 1.82) is 0 Å². The lowest BCUT2D eigenvalue weighted by atomic mass is 10.1. The zero-order chi connectivity index (χ0) is 21.6. The van der Waals surface area contributed by atoms with Crippen LogP contribution in [0.3, 0.4) is 0 Å². The molecule has 4 aromatic rings. The van der Waals surface area contributed by atoms with E-state index < -0.39 is 0 Å². The lowest BCUT2D eigenvalue weighted by molar-refractivity contribution is -0.118. The normalized spacial score (nSPS) is 10.5. The highest BCUT2D eigenvalue weighted by atomic mass is 35.5. The number of ether oxygens (including phenoxy) is 2. The zero-order valence-electron chi connectivity index (χ0n) is 16.7. The molecule has 4 rings (SSSR count). The quantitative estimate of drug-likeness (QED) is 0.366. The fourth-order valence-corrected chi connectivity index (χ4v) is 3.89. The molecule has 0 unspecified atom stereocenters.